The summed E-state index contributed by atoms with van der Waals surface area (Å²) >= 11 is 0. The Morgan fingerprint density at radius 2 is 2.03 bits per heavy atom. The maximum Gasteiger partial charge on any atom is 0.341 e. The summed E-state index contributed by atoms with van der Waals surface area (Å²) < 4.78 is 22.4. The van der Waals surface area contributed by atoms with Crippen LogP contribution >= 0.6 is 0 Å². The lowest BCUT2D eigenvalue weighted by atomic mass is 9.89. The molecule has 0 radical (unpaired) electrons. The van der Waals surface area contributed by atoms with Gasteiger partial charge in [-0.1, -0.05) is 0 Å². The van der Waals surface area contributed by atoms with E-state index in [1.54, 1.807) is 9.47 Å². The molecule has 2 aromatic rings. The summed E-state index contributed by atoms with van der Waals surface area (Å²) in [6, 6.07) is 1.09. The van der Waals surface area contributed by atoms with Crippen LogP contribution in [0.15, 0.2) is 17.1 Å². The molecule has 29 heavy (non-hydrogen) atoms. The molecule has 8 nitrogen and oxygen atoms in total. The van der Waals surface area contributed by atoms with Gasteiger partial charge in [0.1, 0.15) is 11.3 Å². The summed E-state index contributed by atoms with van der Waals surface area (Å²) in [4.78, 5) is 25.9. The predicted molar refractivity (Wildman–Crippen MR) is 103 cm³/mol. The number of carboxylic acid groups (broad SMARTS) is 1. The first-order valence-corrected chi connectivity index (χ1v) is 9.51. The largest absolute Gasteiger partial charge is 0.492 e. The molecule has 1 saturated heterocycles. The molecule has 2 fully saturated rings. The number of aliphatic hydroxyl groups is 2. The fraction of sp³-hybridized carbons (Fsp3) is 0.500. The molecule has 2 aliphatic rings. The van der Waals surface area contributed by atoms with Gasteiger partial charge in [0.05, 0.1) is 31.2 Å². The monoisotopic (exact) mass is 406 g/mol. The van der Waals surface area contributed by atoms with E-state index in [4.69, 9.17) is 4.74 Å². The lowest BCUT2D eigenvalue weighted by molar-refractivity contribution is 0.0694. The third-order valence-electron chi connectivity index (χ3n) is 6.00. The van der Waals surface area contributed by atoms with Crippen molar-refractivity contribution >= 4 is 22.6 Å². The Kier molecular flexibility index (Phi) is 4.74. The number of aromatic carboxylic acids is 1. The number of pyridine rings is 1. The second kappa shape index (κ2) is 7.00. The fourth-order valence-electron chi connectivity index (χ4n) is 4.16. The third kappa shape index (κ3) is 3.05. The highest BCUT2D eigenvalue weighted by molar-refractivity contribution is 5.97. The Bertz CT molecular complexity index is 1040. The number of aromatic nitrogens is 1. The Morgan fingerprint density at radius 3 is 2.55 bits per heavy atom. The van der Waals surface area contributed by atoms with E-state index in [1.165, 1.54) is 13.3 Å². The van der Waals surface area contributed by atoms with Gasteiger partial charge in [0, 0.05) is 30.7 Å². The fourth-order valence-corrected chi connectivity index (χ4v) is 4.16. The van der Waals surface area contributed by atoms with Crippen LogP contribution in [-0.4, -0.2) is 59.3 Å². The minimum absolute atomic E-state index is 0.0240. The molecule has 0 unspecified atom stereocenters. The van der Waals surface area contributed by atoms with Gasteiger partial charge in [0.2, 0.25) is 5.43 Å². The number of hydrogen-bond donors (Lipinski definition) is 3. The number of carbonyl (C=O) groups is 1. The van der Waals surface area contributed by atoms with Crippen LogP contribution in [0.4, 0.5) is 10.1 Å². The van der Waals surface area contributed by atoms with E-state index in [0.29, 0.717) is 18.5 Å². The number of hydrogen-bond acceptors (Lipinski definition) is 6. The van der Waals surface area contributed by atoms with E-state index >= 15 is 4.39 Å². The molecule has 0 bridgehead atoms. The van der Waals surface area contributed by atoms with Crippen LogP contribution in [0, 0.1) is 11.2 Å². The molecule has 1 aliphatic heterocycles. The van der Waals surface area contributed by atoms with Crippen molar-refractivity contribution in [1.82, 2.24) is 4.57 Å². The van der Waals surface area contributed by atoms with Crippen molar-refractivity contribution in [2.45, 2.75) is 25.3 Å². The van der Waals surface area contributed by atoms with E-state index in [2.05, 4.69) is 0 Å². The second-order valence-corrected chi connectivity index (χ2v) is 7.94. The SMILES string of the molecule is COc1c(N2CCC(CO)(CO)C2)c(F)cc2c(=O)c(C(=O)O)cn(C3CC3)c12. The molecule has 0 spiro atoms. The van der Waals surface area contributed by atoms with Crippen LogP contribution in [0.5, 0.6) is 5.75 Å². The number of ether oxygens (including phenoxy) is 1. The molecule has 156 valence electrons. The number of benzene rings is 1. The van der Waals surface area contributed by atoms with Crippen molar-refractivity contribution in [3.63, 3.8) is 0 Å². The van der Waals surface area contributed by atoms with Gasteiger partial charge >= 0.3 is 5.97 Å². The quantitative estimate of drug-likeness (QED) is 0.664. The highest BCUT2D eigenvalue weighted by Gasteiger charge is 2.40. The minimum Gasteiger partial charge on any atom is -0.492 e. The van der Waals surface area contributed by atoms with E-state index in [0.717, 1.165) is 18.9 Å². The van der Waals surface area contributed by atoms with E-state index in [-0.39, 0.29) is 42.6 Å². The van der Waals surface area contributed by atoms with E-state index in [9.17, 15) is 24.9 Å². The van der Waals surface area contributed by atoms with Crippen LogP contribution in [0.25, 0.3) is 10.9 Å². The zero-order chi connectivity index (χ0) is 20.9. The van der Waals surface area contributed by atoms with Crippen LogP contribution in [-0.2, 0) is 0 Å². The number of nitrogens with zero attached hydrogens (tertiary/aromatic N) is 2. The van der Waals surface area contributed by atoms with Gasteiger partial charge in [-0.2, -0.15) is 0 Å². The Balaban J connectivity index is 1.97. The molecule has 0 atom stereocenters. The standard InChI is InChI=1S/C20H23FN2O6/c1-29-18-15-12(17(26)13(19(27)28)7-23(15)11-2-3-11)6-14(21)16(18)22-5-4-20(8-22,9-24)10-25/h6-7,11,24-25H,2-5,8-10H2,1H3,(H,27,28). The molecule has 2 heterocycles. The molecular weight excluding hydrogens is 383 g/mol. The van der Waals surface area contributed by atoms with Gasteiger partial charge in [-0.3, -0.25) is 4.79 Å². The summed E-state index contributed by atoms with van der Waals surface area (Å²) in [5.41, 5.74) is -1.38. The van der Waals surface area contributed by atoms with Crippen LogP contribution in [0.3, 0.4) is 0 Å². The van der Waals surface area contributed by atoms with Gasteiger partial charge in [-0.25, -0.2) is 9.18 Å². The number of aliphatic hydroxyl groups excluding tert-OH is 2. The number of rotatable bonds is 6. The molecule has 1 saturated carbocycles. The molecule has 9 heteroatoms. The summed E-state index contributed by atoms with van der Waals surface area (Å²) in [5, 5.41) is 28.7. The summed E-state index contributed by atoms with van der Waals surface area (Å²) in [6.45, 7) is 0.180. The second-order valence-electron chi connectivity index (χ2n) is 7.94. The maximum atomic E-state index is 15.2. The number of anilines is 1. The first-order valence-electron chi connectivity index (χ1n) is 9.51. The van der Waals surface area contributed by atoms with Crippen LogP contribution in [0.2, 0.25) is 0 Å². The Morgan fingerprint density at radius 1 is 1.34 bits per heavy atom. The summed E-state index contributed by atoms with van der Waals surface area (Å²) in [7, 11) is 1.38. The molecule has 1 aromatic carbocycles. The van der Waals surface area contributed by atoms with E-state index < -0.39 is 28.2 Å². The first kappa shape index (κ1) is 19.7. The zero-order valence-corrected chi connectivity index (χ0v) is 16.0. The molecular formula is C20H23FN2O6. The van der Waals surface area contributed by atoms with Crippen molar-refractivity contribution < 1.29 is 29.2 Å². The molecule has 1 aliphatic carbocycles. The number of methoxy groups -OCH3 is 1. The Labute approximate surface area is 165 Å². The van der Waals surface area contributed by atoms with Crippen molar-refractivity contribution in [2.24, 2.45) is 5.41 Å². The van der Waals surface area contributed by atoms with Gasteiger partial charge in [-0.15, -0.1) is 0 Å². The molecule has 3 N–H and O–H groups in total. The normalized spacial score (nSPS) is 18.4. The first-order chi connectivity index (χ1) is 13.9. The molecule has 1 aromatic heterocycles. The van der Waals surface area contributed by atoms with Crippen LogP contribution in [0.1, 0.15) is 35.7 Å². The van der Waals surface area contributed by atoms with Gasteiger partial charge in [0.15, 0.2) is 11.6 Å². The number of fused-ring (bicyclic) bond motifs is 1. The summed E-state index contributed by atoms with van der Waals surface area (Å²) in [6.07, 6.45) is 3.45. The van der Waals surface area contributed by atoms with Crippen molar-refractivity contribution in [3.8, 4) is 5.75 Å². The molecule has 4 rings (SSSR count). The van der Waals surface area contributed by atoms with Crippen molar-refractivity contribution in [2.75, 3.05) is 38.3 Å². The molecule has 0 amide bonds. The smallest absolute Gasteiger partial charge is 0.341 e. The minimum atomic E-state index is -1.36. The van der Waals surface area contributed by atoms with Gasteiger partial charge < -0.3 is 29.5 Å². The highest BCUT2D eigenvalue weighted by atomic mass is 19.1. The topological polar surface area (TPSA) is 112 Å². The lowest BCUT2D eigenvalue weighted by Crippen LogP contribution is -2.34. The third-order valence-corrected chi connectivity index (χ3v) is 6.00. The lowest BCUT2D eigenvalue weighted by Gasteiger charge is -2.27. The Hall–Kier alpha value is -2.65. The van der Waals surface area contributed by atoms with Crippen molar-refractivity contribution in [3.05, 3.63) is 33.9 Å². The summed E-state index contributed by atoms with van der Waals surface area (Å²) in [5.74, 6) is -1.90. The predicted octanol–water partition coefficient (Wildman–Crippen LogP) is 1.36. The van der Waals surface area contributed by atoms with Gasteiger partial charge in [-0.05, 0) is 25.3 Å². The zero-order valence-electron chi connectivity index (χ0n) is 16.0. The van der Waals surface area contributed by atoms with E-state index in [1.807, 2.05) is 0 Å². The number of carboxylic acids is 1. The number of halogens is 1. The van der Waals surface area contributed by atoms with Gasteiger partial charge in [0.25, 0.3) is 0 Å². The average Bonchev–Trinajstić information content (AvgIpc) is 3.46. The van der Waals surface area contributed by atoms with Crippen molar-refractivity contribution in [1.29, 1.82) is 0 Å². The maximum absolute atomic E-state index is 15.2. The average molecular weight is 406 g/mol. The highest BCUT2D eigenvalue weighted by Crippen LogP contribution is 2.45. The van der Waals surface area contributed by atoms with Crippen LogP contribution < -0.4 is 15.1 Å².